The summed E-state index contributed by atoms with van der Waals surface area (Å²) in [6.07, 6.45) is -4.82. The molecule has 0 aliphatic rings. The van der Waals surface area contributed by atoms with Gasteiger partial charge in [0.15, 0.2) is 5.69 Å². The monoisotopic (exact) mass is 316 g/mol. The zero-order valence-corrected chi connectivity index (χ0v) is 11.5. The van der Waals surface area contributed by atoms with E-state index in [2.05, 4.69) is 9.72 Å². The number of imidazole rings is 1. The van der Waals surface area contributed by atoms with Gasteiger partial charge in [0.05, 0.1) is 7.11 Å². The summed E-state index contributed by atoms with van der Waals surface area (Å²) in [5.74, 6) is -1.68. The van der Waals surface area contributed by atoms with Crippen molar-refractivity contribution in [3.63, 3.8) is 0 Å². The number of carboxylic acids is 1. The molecule has 1 aromatic carbocycles. The van der Waals surface area contributed by atoms with Crippen LogP contribution in [0.1, 0.15) is 10.5 Å². The van der Waals surface area contributed by atoms with Gasteiger partial charge in [0.1, 0.15) is 11.6 Å². The van der Waals surface area contributed by atoms with Crippen LogP contribution in [0.2, 0.25) is 0 Å². The molecular weight excluding hydrogens is 305 g/mol. The second kappa shape index (κ2) is 5.58. The lowest BCUT2D eigenvalue weighted by atomic mass is 10.2. The van der Waals surface area contributed by atoms with E-state index in [4.69, 9.17) is 9.84 Å². The van der Waals surface area contributed by atoms with E-state index in [0.717, 1.165) is 12.1 Å². The molecule has 0 aliphatic carbocycles. The molecule has 0 aliphatic heterocycles. The number of benzene rings is 1. The van der Waals surface area contributed by atoms with Gasteiger partial charge in [0.25, 0.3) is 0 Å². The van der Waals surface area contributed by atoms with E-state index in [9.17, 15) is 18.0 Å². The van der Waals surface area contributed by atoms with E-state index in [-0.39, 0.29) is 23.0 Å². The number of aromatic carboxylic acids is 1. The molecule has 9 heteroatoms. The van der Waals surface area contributed by atoms with Gasteiger partial charge in [-0.2, -0.15) is 4.98 Å². The molecule has 0 radical (unpaired) electrons. The zero-order valence-electron chi connectivity index (χ0n) is 11.5. The summed E-state index contributed by atoms with van der Waals surface area (Å²) < 4.78 is 46.7. The van der Waals surface area contributed by atoms with E-state index in [1.54, 1.807) is 0 Å². The highest BCUT2D eigenvalue weighted by Crippen LogP contribution is 2.30. The summed E-state index contributed by atoms with van der Waals surface area (Å²) in [5.41, 5.74) is 0.0506. The van der Waals surface area contributed by atoms with Crippen LogP contribution in [-0.2, 0) is 7.05 Å². The van der Waals surface area contributed by atoms with Crippen molar-refractivity contribution in [1.29, 1.82) is 0 Å². The third kappa shape index (κ3) is 3.13. The number of rotatable bonds is 4. The summed E-state index contributed by atoms with van der Waals surface area (Å²) in [6.45, 7) is 0. The third-order valence-electron chi connectivity index (χ3n) is 2.78. The van der Waals surface area contributed by atoms with Crippen molar-refractivity contribution >= 4 is 5.97 Å². The summed E-state index contributed by atoms with van der Waals surface area (Å²) in [6, 6.07) is 5.07. The van der Waals surface area contributed by atoms with Gasteiger partial charge < -0.3 is 19.1 Å². The molecule has 118 valence electrons. The molecule has 2 rings (SSSR count). The Kier molecular flexibility index (Phi) is 3.98. The number of alkyl halides is 3. The summed E-state index contributed by atoms with van der Waals surface area (Å²) >= 11 is 0. The summed E-state index contributed by atoms with van der Waals surface area (Å²) in [4.78, 5) is 15.2. The van der Waals surface area contributed by atoms with Gasteiger partial charge in [-0.1, -0.05) is 12.1 Å². The normalized spacial score (nSPS) is 11.3. The zero-order chi connectivity index (χ0) is 16.5. The van der Waals surface area contributed by atoms with Crippen molar-refractivity contribution in [3.05, 3.63) is 30.0 Å². The lowest BCUT2D eigenvalue weighted by Crippen LogP contribution is -2.17. The number of halogens is 3. The SMILES string of the molecule is COc1nc(-c2cccc(OC(F)(F)F)c2)n(C)c1C(=O)O. The standard InChI is InChI=1S/C13H11F3N2O4/c1-18-9(12(19)20)11(21-2)17-10(18)7-4-3-5-8(6-7)22-13(14,15)16/h3-6H,1-2H3,(H,19,20). The predicted molar refractivity (Wildman–Crippen MR) is 68.8 cm³/mol. The molecule has 22 heavy (non-hydrogen) atoms. The fourth-order valence-corrected chi connectivity index (χ4v) is 1.94. The molecule has 0 atom stereocenters. The molecule has 1 N–H and O–H groups in total. The van der Waals surface area contributed by atoms with Crippen LogP contribution in [0.3, 0.4) is 0 Å². The van der Waals surface area contributed by atoms with Crippen LogP contribution in [0, 0.1) is 0 Å². The van der Waals surface area contributed by atoms with Crippen LogP contribution in [0.25, 0.3) is 11.4 Å². The maximum atomic E-state index is 12.2. The van der Waals surface area contributed by atoms with Crippen LogP contribution in [0.4, 0.5) is 13.2 Å². The molecule has 0 bridgehead atoms. The molecular formula is C13H11F3N2O4. The summed E-state index contributed by atoms with van der Waals surface area (Å²) in [7, 11) is 2.67. The second-order valence-corrected chi connectivity index (χ2v) is 4.23. The first kappa shape index (κ1) is 15.7. The first-order chi connectivity index (χ1) is 10.2. The maximum Gasteiger partial charge on any atom is 0.573 e. The molecule has 0 amide bonds. The Bertz CT molecular complexity index is 710. The van der Waals surface area contributed by atoms with Gasteiger partial charge >= 0.3 is 12.3 Å². The van der Waals surface area contributed by atoms with Crippen molar-refractivity contribution in [1.82, 2.24) is 9.55 Å². The van der Waals surface area contributed by atoms with Crippen molar-refractivity contribution in [2.45, 2.75) is 6.36 Å². The molecule has 1 heterocycles. The fourth-order valence-electron chi connectivity index (χ4n) is 1.94. The van der Waals surface area contributed by atoms with E-state index in [1.165, 1.54) is 30.9 Å². The van der Waals surface area contributed by atoms with Gasteiger partial charge in [-0.25, -0.2) is 4.79 Å². The fraction of sp³-hybridized carbons (Fsp3) is 0.231. The van der Waals surface area contributed by atoms with Crippen LogP contribution in [0.5, 0.6) is 11.6 Å². The van der Waals surface area contributed by atoms with Crippen molar-refractivity contribution in [3.8, 4) is 23.0 Å². The van der Waals surface area contributed by atoms with E-state index < -0.39 is 18.1 Å². The van der Waals surface area contributed by atoms with E-state index in [0.29, 0.717) is 0 Å². The Morgan fingerprint density at radius 3 is 2.55 bits per heavy atom. The van der Waals surface area contributed by atoms with E-state index >= 15 is 0 Å². The largest absolute Gasteiger partial charge is 0.573 e. The van der Waals surface area contributed by atoms with Gasteiger partial charge in [0.2, 0.25) is 5.88 Å². The maximum absolute atomic E-state index is 12.2. The average Bonchev–Trinajstić information content (AvgIpc) is 2.74. The minimum atomic E-state index is -4.82. The van der Waals surface area contributed by atoms with Gasteiger partial charge in [-0.15, -0.1) is 13.2 Å². The highest BCUT2D eigenvalue weighted by molar-refractivity contribution is 5.89. The smallest absolute Gasteiger partial charge is 0.479 e. The van der Waals surface area contributed by atoms with Crippen LogP contribution in [-0.4, -0.2) is 34.1 Å². The van der Waals surface area contributed by atoms with Gasteiger partial charge in [-0.3, -0.25) is 0 Å². The first-order valence-corrected chi connectivity index (χ1v) is 5.93. The van der Waals surface area contributed by atoms with Crippen LogP contribution >= 0.6 is 0 Å². The molecule has 0 saturated carbocycles. The molecule has 1 aromatic heterocycles. The van der Waals surface area contributed by atoms with Gasteiger partial charge in [-0.05, 0) is 12.1 Å². The number of hydrogen-bond acceptors (Lipinski definition) is 4. The van der Waals surface area contributed by atoms with E-state index in [1.807, 2.05) is 0 Å². The number of carbonyl (C=O) groups is 1. The molecule has 2 aromatic rings. The first-order valence-electron chi connectivity index (χ1n) is 5.93. The van der Waals surface area contributed by atoms with Crippen molar-refractivity contribution in [2.75, 3.05) is 7.11 Å². The molecule has 0 fully saturated rings. The highest BCUT2D eigenvalue weighted by Gasteiger charge is 2.31. The van der Waals surface area contributed by atoms with Crippen molar-refractivity contribution in [2.24, 2.45) is 7.05 Å². The minimum absolute atomic E-state index is 0.132. The van der Waals surface area contributed by atoms with Crippen molar-refractivity contribution < 1.29 is 32.5 Å². The topological polar surface area (TPSA) is 73.6 Å². The molecule has 0 saturated heterocycles. The molecule has 0 spiro atoms. The number of methoxy groups -OCH3 is 1. The number of ether oxygens (including phenoxy) is 2. The number of aromatic nitrogens is 2. The average molecular weight is 316 g/mol. The Hall–Kier alpha value is -2.71. The predicted octanol–water partition coefficient (Wildman–Crippen LogP) is 2.69. The Morgan fingerprint density at radius 1 is 1.36 bits per heavy atom. The Morgan fingerprint density at radius 2 is 2.05 bits per heavy atom. The lowest BCUT2D eigenvalue weighted by Gasteiger charge is -2.10. The highest BCUT2D eigenvalue weighted by atomic mass is 19.4. The number of hydrogen-bond donors (Lipinski definition) is 1. The third-order valence-corrected chi connectivity index (χ3v) is 2.78. The molecule has 0 unspecified atom stereocenters. The molecule has 6 nitrogen and oxygen atoms in total. The quantitative estimate of drug-likeness (QED) is 0.939. The number of carboxylic acid groups (broad SMARTS) is 1. The lowest BCUT2D eigenvalue weighted by molar-refractivity contribution is -0.274. The second-order valence-electron chi connectivity index (χ2n) is 4.23. The number of nitrogens with zero attached hydrogens (tertiary/aromatic N) is 2. The Labute approximate surface area is 122 Å². The van der Waals surface area contributed by atoms with Crippen LogP contribution < -0.4 is 9.47 Å². The van der Waals surface area contributed by atoms with Crippen LogP contribution in [0.15, 0.2) is 24.3 Å². The Balaban J connectivity index is 2.49. The minimum Gasteiger partial charge on any atom is -0.479 e. The summed E-state index contributed by atoms with van der Waals surface area (Å²) in [5, 5.41) is 9.13. The van der Waals surface area contributed by atoms with Gasteiger partial charge in [0, 0.05) is 12.6 Å².